The van der Waals surface area contributed by atoms with E-state index < -0.39 is 0 Å². The molecule has 0 radical (unpaired) electrons. The summed E-state index contributed by atoms with van der Waals surface area (Å²) in [5.74, 6) is 0. The minimum Gasteiger partial charge on any atom is -0.309 e. The maximum Gasteiger partial charge on any atom is 0.0998 e. The third-order valence-electron chi connectivity index (χ3n) is 12.0. The zero-order chi connectivity index (χ0) is 36.2. The van der Waals surface area contributed by atoms with E-state index in [2.05, 4.69) is 187 Å². The van der Waals surface area contributed by atoms with Gasteiger partial charge < -0.3 is 4.57 Å². The fourth-order valence-corrected chi connectivity index (χ4v) is 9.70. The number of hydrogen-bond donors (Lipinski definition) is 0. The first kappa shape index (κ1) is 30.0. The van der Waals surface area contributed by atoms with Crippen molar-refractivity contribution in [2.24, 2.45) is 0 Å². The standard InChI is InChI=1S/C53H30N2/c54-31-34-24-28-47-52-37(34)25-26-46-45(27-29-48(53(46)52)55(47)49-30-33-13-2-4-16-36(33)38-17-5-6-18-39(38)49)51-43-21-9-7-19-41(43)50(42-20-8-10-22-44(42)51)40-23-11-14-32-12-1-3-15-35(32)40/h1-30H. The monoisotopic (exact) mass is 694 g/mol. The molecule has 0 fully saturated rings. The fourth-order valence-electron chi connectivity index (χ4n) is 9.70. The van der Waals surface area contributed by atoms with Gasteiger partial charge in [0.2, 0.25) is 0 Å². The Hall–Kier alpha value is -7.47. The molecule has 0 saturated heterocycles. The zero-order valence-corrected chi connectivity index (χ0v) is 29.7. The van der Waals surface area contributed by atoms with Gasteiger partial charge in [-0.2, -0.15) is 5.26 Å². The molecule has 2 heteroatoms. The van der Waals surface area contributed by atoms with Crippen molar-refractivity contribution in [3.63, 3.8) is 0 Å². The van der Waals surface area contributed by atoms with Crippen LogP contribution in [0.3, 0.4) is 0 Å². The molecule has 0 atom stereocenters. The van der Waals surface area contributed by atoms with Crippen LogP contribution in [0.25, 0.3) is 114 Å². The Bertz CT molecular complexity index is 3550. The maximum atomic E-state index is 10.3. The molecule has 0 amide bonds. The highest BCUT2D eigenvalue weighted by molar-refractivity contribution is 6.31. The lowest BCUT2D eigenvalue weighted by molar-refractivity contribution is 1.20. The molecule has 0 aliphatic rings. The second-order valence-corrected chi connectivity index (χ2v) is 14.7. The summed E-state index contributed by atoms with van der Waals surface area (Å²) < 4.78 is 2.43. The predicted molar refractivity (Wildman–Crippen MR) is 233 cm³/mol. The van der Waals surface area contributed by atoms with Crippen LogP contribution in [0, 0.1) is 11.3 Å². The van der Waals surface area contributed by atoms with Gasteiger partial charge in [-0.05, 0) is 100 Å². The topological polar surface area (TPSA) is 28.7 Å². The number of hydrogen-bond acceptors (Lipinski definition) is 1. The van der Waals surface area contributed by atoms with Crippen LogP contribution < -0.4 is 0 Å². The minimum absolute atomic E-state index is 0.692. The van der Waals surface area contributed by atoms with Crippen LogP contribution in [0.1, 0.15) is 5.56 Å². The Morgan fingerprint density at radius 1 is 0.345 bits per heavy atom. The highest BCUT2D eigenvalue weighted by Gasteiger charge is 2.24. The van der Waals surface area contributed by atoms with E-state index in [1.807, 2.05) is 6.07 Å². The maximum absolute atomic E-state index is 10.3. The second-order valence-electron chi connectivity index (χ2n) is 14.7. The average Bonchev–Trinajstić information content (AvgIpc) is 3.59. The molecule has 1 aromatic heterocycles. The number of benzene rings is 11. The third-order valence-corrected chi connectivity index (χ3v) is 12.0. The van der Waals surface area contributed by atoms with Crippen LogP contribution >= 0.6 is 0 Å². The van der Waals surface area contributed by atoms with Gasteiger partial charge in [0, 0.05) is 21.5 Å². The van der Waals surface area contributed by atoms with Crippen LogP contribution in [0.4, 0.5) is 0 Å². The number of rotatable bonds is 3. The number of fused-ring (bicyclic) bond motifs is 6. The first-order chi connectivity index (χ1) is 27.3. The van der Waals surface area contributed by atoms with Crippen molar-refractivity contribution < 1.29 is 0 Å². The summed E-state index contributed by atoms with van der Waals surface area (Å²) in [5.41, 5.74) is 9.00. The van der Waals surface area contributed by atoms with E-state index in [0.29, 0.717) is 5.56 Å². The molecule has 0 N–H and O–H groups in total. The van der Waals surface area contributed by atoms with Crippen LogP contribution in [0.5, 0.6) is 0 Å². The van der Waals surface area contributed by atoms with Crippen LogP contribution in [-0.2, 0) is 0 Å². The van der Waals surface area contributed by atoms with Crippen molar-refractivity contribution in [3.8, 4) is 34.0 Å². The first-order valence-corrected chi connectivity index (χ1v) is 18.8. The molecule has 0 unspecified atom stereocenters. The molecular weight excluding hydrogens is 665 g/mol. The highest BCUT2D eigenvalue weighted by Crippen LogP contribution is 2.50. The molecule has 0 aliphatic heterocycles. The lowest BCUT2D eigenvalue weighted by Gasteiger charge is -2.20. The van der Waals surface area contributed by atoms with E-state index in [1.54, 1.807) is 0 Å². The molecule has 0 bridgehead atoms. The van der Waals surface area contributed by atoms with Crippen LogP contribution in [0.15, 0.2) is 182 Å². The van der Waals surface area contributed by atoms with Gasteiger partial charge >= 0.3 is 0 Å². The summed E-state index contributed by atoms with van der Waals surface area (Å²) in [7, 11) is 0. The third kappa shape index (κ3) is 4.07. The molecule has 12 rings (SSSR count). The van der Waals surface area contributed by atoms with Gasteiger partial charge in [0.15, 0.2) is 0 Å². The Labute approximate surface area is 316 Å². The van der Waals surface area contributed by atoms with Crippen molar-refractivity contribution in [2.75, 3.05) is 0 Å². The summed E-state index contributed by atoms with van der Waals surface area (Å²) in [6.07, 6.45) is 0. The number of aromatic nitrogens is 1. The van der Waals surface area contributed by atoms with E-state index in [4.69, 9.17) is 0 Å². The predicted octanol–water partition coefficient (Wildman–Crippen LogP) is 14.3. The van der Waals surface area contributed by atoms with Crippen molar-refractivity contribution in [1.82, 2.24) is 4.57 Å². The van der Waals surface area contributed by atoms with Crippen molar-refractivity contribution >= 4 is 86.4 Å². The van der Waals surface area contributed by atoms with Gasteiger partial charge in [-0.15, -0.1) is 0 Å². The molecular formula is C53H30N2. The van der Waals surface area contributed by atoms with Crippen molar-refractivity contribution in [2.45, 2.75) is 0 Å². The molecule has 2 nitrogen and oxygen atoms in total. The fraction of sp³-hybridized carbons (Fsp3) is 0. The Balaban J connectivity index is 1.23. The zero-order valence-electron chi connectivity index (χ0n) is 29.7. The summed E-state index contributed by atoms with van der Waals surface area (Å²) in [6.45, 7) is 0. The van der Waals surface area contributed by atoms with Gasteiger partial charge in [-0.1, -0.05) is 158 Å². The highest BCUT2D eigenvalue weighted by atomic mass is 15.0. The van der Waals surface area contributed by atoms with E-state index in [-0.39, 0.29) is 0 Å². The first-order valence-electron chi connectivity index (χ1n) is 18.8. The van der Waals surface area contributed by atoms with Crippen LogP contribution in [0.2, 0.25) is 0 Å². The average molecular weight is 695 g/mol. The normalized spacial score (nSPS) is 12.0. The molecule has 0 spiro atoms. The largest absolute Gasteiger partial charge is 0.309 e. The van der Waals surface area contributed by atoms with E-state index >= 15 is 0 Å². The quantitative estimate of drug-likeness (QED) is 0.134. The number of nitriles is 1. The smallest absolute Gasteiger partial charge is 0.0998 e. The van der Waals surface area contributed by atoms with E-state index in [0.717, 1.165) is 27.5 Å². The van der Waals surface area contributed by atoms with Crippen molar-refractivity contribution in [3.05, 3.63) is 188 Å². The summed E-state index contributed by atoms with van der Waals surface area (Å²) >= 11 is 0. The molecule has 11 aromatic carbocycles. The Morgan fingerprint density at radius 3 is 1.51 bits per heavy atom. The van der Waals surface area contributed by atoms with E-state index in [1.165, 1.54) is 86.9 Å². The van der Waals surface area contributed by atoms with Gasteiger partial charge in [0.25, 0.3) is 0 Å². The van der Waals surface area contributed by atoms with Gasteiger partial charge in [0.1, 0.15) is 0 Å². The molecule has 55 heavy (non-hydrogen) atoms. The van der Waals surface area contributed by atoms with Gasteiger partial charge in [-0.25, -0.2) is 0 Å². The van der Waals surface area contributed by atoms with Crippen molar-refractivity contribution in [1.29, 1.82) is 5.26 Å². The minimum atomic E-state index is 0.692. The van der Waals surface area contributed by atoms with Crippen LogP contribution in [-0.4, -0.2) is 4.57 Å². The summed E-state index contributed by atoms with van der Waals surface area (Å²) in [6, 6.07) is 68.6. The SMILES string of the molecule is N#Cc1ccc2c3c1ccc1c(-c4c5ccccc5c(-c5cccc6ccccc56)c5ccccc45)ccc(c13)n2-c1cc2ccccc2c2ccccc12. The van der Waals surface area contributed by atoms with Gasteiger partial charge in [-0.3, -0.25) is 0 Å². The summed E-state index contributed by atoms with van der Waals surface area (Å²) in [4.78, 5) is 0. The molecule has 0 aliphatic carbocycles. The summed E-state index contributed by atoms with van der Waals surface area (Å²) in [5, 5.41) is 27.1. The molecule has 0 saturated carbocycles. The molecule has 1 heterocycles. The lowest BCUT2D eigenvalue weighted by atomic mass is 9.83. The van der Waals surface area contributed by atoms with E-state index in [9.17, 15) is 5.26 Å². The Morgan fingerprint density at radius 2 is 0.836 bits per heavy atom. The van der Waals surface area contributed by atoms with Gasteiger partial charge in [0.05, 0.1) is 28.4 Å². The Kier molecular flexibility index (Phi) is 6.15. The molecule has 252 valence electrons. The lowest BCUT2D eigenvalue weighted by Crippen LogP contribution is -1.96. The number of nitrogens with zero attached hydrogens (tertiary/aromatic N) is 2. The molecule has 12 aromatic rings. The second kappa shape index (κ2) is 11.3.